The summed E-state index contributed by atoms with van der Waals surface area (Å²) in [7, 11) is -4.00. The number of carbonyl (C=O) groups excluding carboxylic acids is 2. The van der Waals surface area contributed by atoms with Gasteiger partial charge in [0.15, 0.2) is 21.5 Å². The number of nitrogens with one attached hydrogen (secondary N) is 1. The highest BCUT2D eigenvalue weighted by Crippen LogP contribution is 2.54. The third-order valence-electron chi connectivity index (χ3n) is 7.92. The molecule has 2 unspecified atom stereocenters. The molecular formula is C28H32ClF2NO6S. The number of anilines is 1. The molecule has 0 aromatic heterocycles. The molecule has 2 atom stereocenters. The Balaban J connectivity index is 1.50. The first-order valence-electron chi connectivity index (χ1n) is 12.9. The second-order valence-electron chi connectivity index (χ2n) is 11.4. The van der Waals surface area contributed by atoms with Crippen molar-refractivity contribution in [3.05, 3.63) is 58.6 Å². The van der Waals surface area contributed by atoms with Crippen LogP contribution in [0.1, 0.15) is 69.2 Å². The van der Waals surface area contributed by atoms with Crippen LogP contribution in [0.4, 0.5) is 14.5 Å². The summed E-state index contributed by atoms with van der Waals surface area (Å²) in [6.07, 6.45) is 1.95. The average molecular weight is 584 g/mol. The predicted octanol–water partition coefficient (Wildman–Crippen LogP) is 5.07. The summed E-state index contributed by atoms with van der Waals surface area (Å²) in [5, 5.41) is 22.9. The number of carbonyl (C=O) groups is 2. The Kier molecular flexibility index (Phi) is 8.25. The topological polar surface area (TPSA) is 121 Å². The van der Waals surface area contributed by atoms with Gasteiger partial charge in [0, 0.05) is 30.2 Å². The highest BCUT2D eigenvalue weighted by atomic mass is 35.5. The average Bonchev–Trinajstić information content (AvgIpc) is 3.00. The first-order chi connectivity index (χ1) is 18.1. The highest BCUT2D eigenvalue weighted by Gasteiger charge is 2.55. The molecule has 2 fully saturated rings. The van der Waals surface area contributed by atoms with Crippen LogP contribution in [0.2, 0.25) is 5.02 Å². The van der Waals surface area contributed by atoms with Crippen LogP contribution in [0.5, 0.6) is 0 Å². The monoisotopic (exact) mass is 583 g/mol. The van der Waals surface area contributed by atoms with Gasteiger partial charge in [-0.25, -0.2) is 17.2 Å². The van der Waals surface area contributed by atoms with Crippen molar-refractivity contribution in [1.29, 1.82) is 0 Å². The molecule has 2 saturated carbocycles. The van der Waals surface area contributed by atoms with Crippen LogP contribution in [-0.4, -0.2) is 46.8 Å². The lowest BCUT2D eigenvalue weighted by molar-refractivity contribution is -0.126. The van der Waals surface area contributed by atoms with E-state index in [2.05, 4.69) is 5.32 Å². The van der Waals surface area contributed by atoms with Gasteiger partial charge in [-0.3, -0.25) is 9.59 Å². The molecule has 0 saturated heterocycles. The molecule has 0 radical (unpaired) electrons. The second-order valence-corrected chi connectivity index (χ2v) is 14.0. The number of Topliss-reactive ketones (excluding diaryl/α,β-unsaturated/α-hetero) is 1. The Hall–Kier alpha value is -2.40. The van der Waals surface area contributed by atoms with Gasteiger partial charge in [0.2, 0.25) is 0 Å². The molecule has 0 heterocycles. The van der Waals surface area contributed by atoms with Crippen LogP contribution in [0.3, 0.4) is 0 Å². The quantitative estimate of drug-likeness (QED) is 0.379. The third kappa shape index (κ3) is 6.34. The van der Waals surface area contributed by atoms with E-state index < -0.39 is 43.8 Å². The van der Waals surface area contributed by atoms with Crippen LogP contribution < -0.4 is 5.32 Å². The maximum Gasteiger partial charge on any atom is 0.255 e. The maximum atomic E-state index is 13.7. The molecule has 2 aromatic rings. The van der Waals surface area contributed by atoms with Crippen molar-refractivity contribution < 1.29 is 37.0 Å². The lowest BCUT2D eigenvalue weighted by Gasteiger charge is -2.42. The standard InChI is InChI=1S/C28H32ClF2NO6S/c1-27(2,35)15-20(33)9-10-28(36)17-4-5-18(28)13-21(12-17)39(37,38)25-11-16(3-7-22(25)29)26(34)32-19-6-8-23(30)24(31)14-19/h3,6-8,11,14,17-18,21,35-36H,4-5,9-10,12-13,15H2,1-2H3,(H,32,34). The lowest BCUT2D eigenvalue weighted by atomic mass is 9.71. The van der Waals surface area contributed by atoms with Crippen molar-refractivity contribution in [2.75, 3.05) is 5.32 Å². The van der Waals surface area contributed by atoms with E-state index in [1.165, 1.54) is 24.3 Å². The van der Waals surface area contributed by atoms with E-state index in [0.29, 0.717) is 12.8 Å². The van der Waals surface area contributed by atoms with E-state index >= 15 is 0 Å². The zero-order valence-corrected chi connectivity index (χ0v) is 23.3. The van der Waals surface area contributed by atoms with Crippen molar-refractivity contribution in [2.45, 2.75) is 80.1 Å². The molecule has 2 aliphatic carbocycles. The second kappa shape index (κ2) is 10.9. The largest absolute Gasteiger partial charge is 0.390 e. The zero-order chi connectivity index (χ0) is 28.8. The fourth-order valence-corrected chi connectivity index (χ4v) is 8.40. The number of halogens is 3. The van der Waals surface area contributed by atoms with Crippen LogP contribution in [0.15, 0.2) is 41.3 Å². The smallest absolute Gasteiger partial charge is 0.255 e. The van der Waals surface area contributed by atoms with Crippen LogP contribution in [0, 0.1) is 23.5 Å². The van der Waals surface area contributed by atoms with E-state index in [-0.39, 0.29) is 70.9 Å². The lowest BCUT2D eigenvalue weighted by Crippen LogP contribution is -2.48. The summed E-state index contributed by atoms with van der Waals surface area (Å²) < 4.78 is 54.1. The number of fused-ring (bicyclic) bond motifs is 2. The molecule has 11 heteroatoms. The van der Waals surface area contributed by atoms with Gasteiger partial charge in [0.1, 0.15) is 5.78 Å². The maximum absolute atomic E-state index is 13.7. The molecule has 2 aliphatic rings. The molecule has 0 spiro atoms. The predicted molar refractivity (Wildman–Crippen MR) is 142 cm³/mol. The molecule has 212 valence electrons. The van der Waals surface area contributed by atoms with Crippen molar-refractivity contribution in [3.8, 4) is 0 Å². The summed E-state index contributed by atoms with van der Waals surface area (Å²) in [5.74, 6) is -3.71. The van der Waals surface area contributed by atoms with Crippen molar-refractivity contribution in [2.24, 2.45) is 11.8 Å². The number of ketones is 1. The summed E-state index contributed by atoms with van der Waals surface area (Å²) in [4.78, 5) is 24.8. The summed E-state index contributed by atoms with van der Waals surface area (Å²) in [6.45, 7) is 3.09. The Morgan fingerprint density at radius 2 is 1.72 bits per heavy atom. The fourth-order valence-electron chi connectivity index (χ4n) is 6.00. The molecule has 4 rings (SSSR count). The molecule has 39 heavy (non-hydrogen) atoms. The van der Waals surface area contributed by atoms with E-state index in [0.717, 1.165) is 12.1 Å². The summed E-state index contributed by atoms with van der Waals surface area (Å²) in [6, 6.07) is 6.68. The molecular weight excluding hydrogens is 552 g/mol. The minimum absolute atomic E-state index is 0.00225. The Labute approximate surface area is 231 Å². The van der Waals surface area contributed by atoms with E-state index in [1.54, 1.807) is 13.8 Å². The van der Waals surface area contributed by atoms with E-state index in [4.69, 9.17) is 11.6 Å². The minimum Gasteiger partial charge on any atom is -0.390 e. The molecule has 7 nitrogen and oxygen atoms in total. The van der Waals surface area contributed by atoms with Crippen molar-refractivity contribution in [1.82, 2.24) is 0 Å². The SMILES string of the molecule is CC(C)(O)CC(=O)CCC1(O)C2CCC1CC(S(=O)(=O)c1cc(C(=O)Nc3ccc(F)c(F)c3)ccc1Cl)C2. The molecule has 2 aromatic carbocycles. The van der Waals surface area contributed by atoms with Crippen molar-refractivity contribution >= 4 is 38.8 Å². The van der Waals surface area contributed by atoms with Gasteiger partial charge in [-0.05, 0) is 88.1 Å². The van der Waals surface area contributed by atoms with Gasteiger partial charge in [-0.2, -0.15) is 0 Å². The molecule has 0 aliphatic heterocycles. The van der Waals surface area contributed by atoms with Crippen molar-refractivity contribution in [3.63, 3.8) is 0 Å². The van der Waals surface area contributed by atoms with Crippen LogP contribution >= 0.6 is 11.6 Å². The van der Waals surface area contributed by atoms with E-state index in [1.807, 2.05) is 0 Å². The van der Waals surface area contributed by atoms with Gasteiger partial charge >= 0.3 is 0 Å². The third-order valence-corrected chi connectivity index (χ3v) is 10.6. The highest BCUT2D eigenvalue weighted by molar-refractivity contribution is 7.92. The number of amides is 1. The summed E-state index contributed by atoms with van der Waals surface area (Å²) >= 11 is 6.28. The van der Waals surface area contributed by atoms with Crippen LogP contribution in [0.25, 0.3) is 0 Å². The minimum atomic E-state index is -4.00. The van der Waals surface area contributed by atoms with Crippen LogP contribution in [-0.2, 0) is 14.6 Å². The van der Waals surface area contributed by atoms with Gasteiger partial charge in [0.05, 0.1) is 26.4 Å². The molecule has 3 N–H and O–H groups in total. The first-order valence-corrected chi connectivity index (χ1v) is 14.8. The normalized spacial score (nSPS) is 24.9. The summed E-state index contributed by atoms with van der Waals surface area (Å²) in [5.41, 5.74) is -2.31. The van der Waals surface area contributed by atoms with Gasteiger partial charge < -0.3 is 15.5 Å². The van der Waals surface area contributed by atoms with Gasteiger partial charge in [-0.1, -0.05) is 11.6 Å². The van der Waals surface area contributed by atoms with Gasteiger partial charge in [-0.15, -0.1) is 0 Å². The molecule has 2 bridgehead atoms. The molecule has 1 amide bonds. The number of rotatable bonds is 9. The fraction of sp³-hybridized carbons (Fsp3) is 0.500. The number of sulfone groups is 1. The van der Waals surface area contributed by atoms with E-state index in [9.17, 15) is 37.0 Å². The Morgan fingerprint density at radius 3 is 2.31 bits per heavy atom. The van der Waals surface area contributed by atoms with Gasteiger partial charge in [0.25, 0.3) is 5.91 Å². The Morgan fingerprint density at radius 1 is 1.08 bits per heavy atom. The number of hydrogen-bond donors (Lipinski definition) is 3. The first kappa shape index (κ1) is 29.6. The Bertz CT molecular complexity index is 1380. The number of hydrogen-bond acceptors (Lipinski definition) is 6. The zero-order valence-electron chi connectivity index (χ0n) is 21.7. The number of benzene rings is 2. The number of aliphatic hydroxyl groups is 2.